The molecule has 2 heterocycles. The molecule has 0 aromatic rings. The summed E-state index contributed by atoms with van der Waals surface area (Å²) in [5.41, 5.74) is 0. The number of aliphatic hydroxyl groups is 8. The maximum Gasteiger partial charge on any atom is 0.220 e. The highest BCUT2D eigenvalue weighted by Gasteiger charge is 2.51. The van der Waals surface area contributed by atoms with Crippen molar-refractivity contribution >= 4 is 5.91 Å². The largest absolute Gasteiger partial charge is 0.394 e. The van der Waals surface area contributed by atoms with E-state index in [-0.39, 0.29) is 12.5 Å². The molecule has 12 atom stereocenters. The lowest BCUT2D eigenvalue weighted by Crippen LogP contribution is -2.65. The molecule has 2 fully saturated rings. The van der Waals surface area contributed by atoms with Crippen LogP contribution in [0.5, 0.6) is 0 Å². The van der Waals surface area contributed by atoms with Gasteiger partial charge in [0.05, 0.1) is 32.0 Å². The van der Waals surface area contributed by atoms with E-state index in [1.165, 1.54) is 199 Å². The standard InChI is InChI=1S/C61H117NO13/c1-3-5-7-9-11-13-15-17-19-20-21-22-23-24-25-26-27-28-29-30-31-33-35-37-39-41-43-45-53(66)62-49(50(65)44-42-40-38-36-34-32-18-16-14-12-10-8-6-4-2)48-72-60-58(71)56(69)59(52(47-64)74-60)75-61-57(70)55(68)54(67)51(46-63)73-61/h20-21,49-52,54-61,63-65,67-71H,3-19,22-48H2,1-2H3,(H,62,66)/b21-20-. The van der Waals surface area contributed by atoms with Gasteiger partial charge in [-0.15, -0.1) is 0 Å². The van der Waals surface area contributed by atoms with E-state index >= 15 is 0 Å². The van der Waals surface area contributed by atoms with Crippen LogP contribution < -0.4 is 5.32 Å². The van der Waals surface area contributed by atoms with Gasteiger partial charge >= 0.3 is 0 Å². The Kier molecular flexibility index (Phi) is 44.3. The van der Waals surface area contributed by atoms with E-state index in [4.69, 9.17) is 18.9 Å². The zero-order chi connectivity index (χ0) is 54.6. The zero-order valence-corrected chi connectivity index (χ0v) is 47.8. The van der Waals surface area contributed by atoms with Crippen LogP contribution >= 0.6 is 0 Å². The molecule has 75 heavy (non-hydrogen) atoms. The first kappa shape index (κ1) is 69.8. The Balaban J connectivity index is 1.68. The fourth-order valence-corrected chi connectivity index (χ4v) is 10.6. The lowest BCUT2D eigenvalue weighted by atomic mass is 9.97. The number of ether oxygens (including phenoxy) is 4. The van der Waals surface area contributed by atoms with Crippen LogP contribution in [0.15, 0.2) is 12.2 Å². The molecule has 14 heteroatoms. The van der Waals surface area contributed by atoms with Crippen molar-refractivity contribution in [1.29, 1.82) is 0 Å². The second-order valence-corrected chi connectivity index (χ2v) is 22.5. The smallest absolute Gasteiger partial charge is 0.220 e. The Bertz CT molecular complexity index is 1310. The molecule has 0 aliphatic carbocycles. The normalized spacial score (nSPS) is 25.0. The molecule has 0 saturated carbocycles. The topological polar surface area (TPSA) is 228 Å². The second kappa shape index (κ2) is 47.5. The van der Waals surface area contributed by atoms with E-state index in [0.29, 0.717) is 12.8 Å². The molecule has 2 aliphatic rings. The quantitative estimate of drug-likeness (QED) is 0.0204. The molecule has 0 aromatic carbocycles. The van der Waals surface area contributed by atoms with Gasteiger partial charge in [-0.2, -0.15) is 0 Å². The zero-order valence-electron chi connectivity index (χ0n) is 47.8. The minimum atomic E-state index is -1.78. The molecule has 9 N–H and O–H groups in total. The first-order valence-electron chi connectivity index (χ1n) is 31.4. The Hall–Kier alpha value is -1.27. The van der Waals surface area contributed by atoms with Crippen molar-refractivity contribution in [3.63, 3.8) is 0 Å². The first-order valence-corrected chi connectivity index (χ1v) is 31.4. The average molecular weight is 1070 g/mol. The molecule has 1 amide bonds. The van der Waals surface area contributed by atoms with Gasteiger partial charge in [0.15, 0.2) is 12.6 Å². The highest BCUT2D eigenvalue weighted by molar-refractivity contribution is 5.76. The summed E-state index contributed by atoms with van der Waals surface area (Å²) in [6.45, 7) is 2.89. The molecule has 0 radical (unpaired) electrons. The predicted octanol–water partition coefficient (Wildman–Crippen LogP) is 11.1. The third-order valence-electron chi connectivity index (χ3n) is 15.7. The molecular formula is C61H117NO13. The summed E-state index contributed by atoms with van der Waals surface area (Å²) in [6, 6.07) is -0.824. The fourth-order valence-electron chi connectivity index (χ4n) is 10.6. The molecule has 444 valence electrons. The monoisotopic (exact) mass is 1070 g/mol. The third kappa shape index (κ3) is 33.2. The maximum atomic E-state index is 13.3. The van der Waals surface area contributed by atoms with Crippen molar-refractivity contribution in [3.05, 3.63) is 12.2 Å². The van der Waals surface area contributed by atoms with Crippen LogP contribution in [0.3, 0.4) is 0 Å². The second-order valence-electron chi connectivity index (χ2n) is 22.5. The molecule has 0 spiro atoms. The summed E-state index contributed by atoms with van der Waals surface area (Å²) >= 11 is 0. The molecule has 2 saturated heterocycles. The Labute approximate surface area is 456 Å². The number of amides is 1. The molecule has 0 bridgehead atoms. The number of carbonyl (C=O) groups excluding carboxylic acids is 1. The van der Waals surface area contributed by atoms with E-state index in [0.717, 1.165) is 51.4 Å². The number of hydrogen-bond acceptors (Lipinski definition) is 13. The molecular weight excluding hydrogens is 955 g/mol. The lowest BCUT2D eigenvalue weighted by Gasteiger charge is -2.46. The van der Waals surface area contributed by atoms with Crippen molar-refractivity contribution in [2.75, 3.05) is 19.8 Å². The van der Waals surface area contributed by atoms with E-state index in [9.17, 15) is 45.6 Å². The van der Waals surface area contributed by atoms with Gasteiger partial charge in [0.25, 0.3) is 0 Å². The molecule has 12 unspecified atom stereocenters. The first-order chi connectivity index (χ1) is 36.6. The number of unbranched alkanes of at least 4 members (excludes halogenated alkanes) is 36. The van der Waals surface area contributed by atoms with Gasteiger partial charge in [-0.3, -0.25) is 4.79 Å². The van der Waals surface area contributed by atoms with Gasteiger partial charge in [0.2, 0.25) is 5.91 Å². The summed E-state index contributed by atoms with van der Waals surface area (Å²) in [6.07, 6.45) is 37.9. The van der Waals surface area contributed by atoms with E-state index in [2.05, 4.69) is 31.3 Å². The van der Waals surface area contributed by atoms with Crippen LogP contribution in [0.1, 0.15) is 277 Å². The van der Waals surface area contributed by atoms with E-state index < -0.39 is 86.8 Å². The van der Waals surface area contributed by atoms with Crippen molar-refractivity contribution < 1.29 is 64.6 Å². The molecule has 2 rings (SSSR count). The van der Waals surface area contributed by atoms with Crippen molar-refractivity contribution in [2.45, 2.75) is 351 Å². The van der Waals surface area contributed by atoms with Crippen LogP contribution in [0.25, 0.3) is 0 Å². The van der Waals surface area contributed by atoms with Crippen LogP contribution in [0, 0.1) is 0 Å². The maximum absolute atomic E-state index is 13.3. The van der Waals surface area contributed by atoms with Gasteiger partial charge in [0, 0.05) is 6.42 Å². The number of rotatable bonds is 51. The summed E-state index contributed by atoms with van der Waals surface area (Å²) in [4.78, 5) is 13.3. The van der Waals surface area contributed by atoms with Crippen molar-refractivity contribution in [1.82, 2.24) is 5.32 Å². The van der Waals surface area contributed by atoms with Crippen LogP contribution in [0.4, 0.5) is 0 Å². The van der Waals surface area contributed by atoms with Crippen LogP contribution in [-0.4, -0.2) is 140 Å². The van der Waals surface area contributed by atoms with E-state index in [1.807, 2.05) is 0 Å². The Morgan fingerprint density at radius 3 is 1.27 bits per heavy atom. The number of aliphatic hydroxyl groups excluding tert-OH is 8. The molecule has 0 aromatic heterocycles. The summed E-state index contributed by atoms with van der Waals surface area (Å²) in [5, 5.41) is 87.3. The van der Waals surface area contributed by atoms with Crippen molar-refractivity contribution in [3.8, 4) is 0 Å². The summed E-state index contributed by atoms with van der Waals surface area (Å²) in [5.74, 6) is -0.202. The summed E-state index contributed by atoms with van der Waals surface area (Å²) in [7, 11) is 0. The third-order valence-corrected chi connectivity index (χ3v) is 15.7. The van der Waals surface area contributed by atoms with Crippen molar-refractivity contribution in [2.24, 2.45) is 0 Å². The fraction of sp³-hybridized carbons (Fsp3) is 0.951. The Morgan fingerprint density at radius 1 is 0.467 bits per heavy atom. The van der Waals surface area contributed by atoms with Gasteiger partial charge in [-0.25, -0.2) is 0 Å². The van der Waals surface area contributed by atoms with Gasteiger partial charge in [-0.1, -0.05) is 244 Å². The predicted molar refractivity (Wildman–Crippen MR) is 300 cm³/mol. The van der Waals surface area contributed by atoms with E-state index in [1.54, 1.807) is 0 Å². The van der Waals surface area contributed by atoms with Crippen LogP contribution in [-0.2, 0) is 23.7 Å². The number of carbonyl (C=O) groups is 1. The number of hydrogen-bond donors (Lipinski definition) is 9. The number of allylic oxidation sites excluding steroid dienone is 2. The van der Waals surface area contributed by atoms with Crippen LogP contribution in [0.2, 0.25) is 0 Å². The molecule has 14 nitrogen and oxygen atoms in total. The van der Waals surface area contributed by atoms with Gasteiger partial charge in [-0.05, 0) is 38.5 Å². The summed E-state index contributed by atoms with van der Waals surface area (Å²) < 4.78 is 22.8. The highest BCUT2D eigenvalue weighted by Crippen LogP contribution is 2.30. The number of nitrogens with one attached hydrogen (secondary N) is 1. The average Bonchev–Trinajstić information content (AvgIpc) is 3.41. The SMILES string of the molecule is CCCCCCCCCC/C=C\CCCCCCCCCCCCCCCCCC(=O)NC(COC1OC(CO)C(OC2OC(CO)C(O)C(O)C2O)C(O)C1O)C(O)CCCCCCCCCCCCCCCC. The Morgan fingerprint density at radius 2 is 0.840 bits per heavy atom. The van der Waals surface area contributed by atoms with Gasteiger partial charge < -0.3 is 65.1 Å². The molecule has 2 aliphatic heterocycles. The minimum absolute atomic E-state index is 0.202. The highest BCUT2D eigenvalue weighted by atomic mass is 16.7. The van der Waals surface area contributed by atoms with Gasteiger partial charge in [0.1, 0.15) is 48.8 Å². The lowest BCUT2D eigenvalue weighted by molar-refractivity contribution is -0.359. The minimum Gasteiger partial charge on any atom is -0.394 e.